The van der Waals surface area contributed by atoms with Crippen molar-refractivity contribution in [3.05, 3.63) is 89.0 Å². The number of hydrogen-bond acceptors (Lipinski definition) is 3. The van der Waals surface area contributed by atoms with Crippen LogP contribution in [-0.4, -0.2) is 14.3 Å². The second-order valence-corrected chi connectivity index (χ2v) is 8.60. The van der Waals surface area contributed by atoms with E-state index < -0.39 is 10.0 Å². The standard InChI is InChI=1S/C23H24N2O3S/c1-4-18-9-5-6-11-22(18)24-23(26)21-15-20(13-12-17(21)3)29(27,28)25-19-10-7-8-16(2)14-19/h5-15,25H,4H2,1-3H3,(H,24,26). The number of hydrogen-bond donors (Lipinski definition) is 2. The third-order valence-electron chi connectivity index (χ3n) is 4.68. The van der Waals surface area contributed by atoms with Crippen LogP contribution in [-0.2, 0) is 16.4 Å². The van der Waals surface area contributed by atoms with Crippen LogP contribution >= 0.6 is 0 Å². The number of nitrogens with one attached hydrogen (secondary N) is 2. The zero-order valence-electron chi connectivity index (χ0n) is 16.7. The Morgan fingerprint density at radius 1 is 0.931 bits per heavy atom. The van der Waals surface area contributed by atoms with E-state index in [4.69, 9.17) is 0 Å². The first-order valence-electron chi connectivity index (χ1n) is 9.39. The van der Waals surface area contributed by atoms with Gasteiger partial charge in [-0.3, -0.25) is 9.52 Å². The van der Waals surface area contributed by atoms with Gasteiger partial charge in [-0.1, -0.05) is 43.3 Å². The number of amides is 1. The number of sulfonamides is 1. The fraction of sp³-hybridized carbons (Fsp3) is 0.174. The maximum Gasteiger partial charge on any atom is 0.261 e. The Bertz CT molecular complexity index is 1150. The second-order valence-electron chi connectivity index (χ2n) is 6.92. The van der Waals surface area contributed by atoms with Crippen LogP contribution in [0.1, 0.15) is 34.0 Å². The molecule has 3 aromatic rings. The molecular weight excluding hydrogens is 384 g/mol. The summed E-state index contributed by atoms with van der Waals surface area (Å²) in [5.74, 6) is -0.337. The van der Waals surface area contributed by atoms with Crippen LogP contribution in [0.3, 0.4) is 0 Å². The normalized spacial score (nSPS) is 11.1. The van der Waals surface area contributed by atoms with Gasteiger partial charge in [0.2, 0.25) is 0 Å². The number of carbonyl (C=O) groups is 1. The molecule has 0 heterocycles. The van der Waals surface area contributed by atoms with E-state index >= 15 is 0 Å². The van der Waals surface area contributed by atoms with E-state index in [2.05, 4.69) is 10.0 Å². The number of benzene rings is 3. The first-order valence-corrected chi connectivity index (χ1v) is 10.9. The molecule has 0 radical (unpaired) electrons. The Balaban J connectivity index is 1.90. The van der Waals surface area contributed by atoms with Gasteiger partial charge in [-0.05, 0) is 67.3 Å². The molecule has 0 aromatic heterocycles. The lowest BCUT2D eigenvalue weighted by Crippen LogP contribution is -2.17. The van der Waals surface area contributed by atoms with Crippen LogP contribution in [0.4, 0.5) is 11.4 Å². The summed E-state index contributed by atoms with van der Waals surface area (Å²) in [6, 6.07) is 19.2. The monoisotopic (exact) mass is 408 g/mol. The van der Waals surface area contributed by atoms with Gasteiger partial charge in [0.15, 0.2) is 0 Å². The van der Waals surface area contributed by atoms with Gasteiger partial charge < -0.3 is 5.32 Å². The van der Waals surface area contributed by atoms with Crippen molar-refractivity contribution in [2.24, 2.45) is 0 Å². The lowest BCUT2D eigenvalue weighted by atomic mass is 10.1. The molecule has 0 aliphatic rings. The van der Waals surface area contributed by atoms with Crippen LogP contribution < -0.4 is 10.0 Å². The van der Waals surface area contributed by atoms with Crippen molar-refractivity contribution in [1.29, 1.82) is 0 Å². The van der Waals surface area contributed by atoms with E-state index in [1.807, 2.05) is 44.2 Å². The molecule has 0 saturated heterocycles. The van der Waals surface area contributed by atoms with Gasteiger partial charge in [-0.25, -0.2) is 8.42 Å². The summed E-state index contributed by atoms with van der Waals surface area (Å²) < 4.78 is 28.2. The van der Waals surface area contributed by atoms with E-state index in [0.717, 1.165) is 23.2 Å². The van der Waals surface area contributed by atoms with Crippen molar-refractivity contribution in [2.75, 3.05) is 10.0 Å². The number of carbonyl (C=O) groups excluding carboxylic acids is 1. The van der Waals surface area contributed by atoms with Gasteiger partial charge in [0.05, 0.1) is 4.90 Å². The quantitative estimate of drug-likeness (QED) is 0.608. The maximum absolute atomic E-state index is 12.9. The van der Waals surface area contributed by atoms with E-state index in [-0.39, 0.29) is 10.8 Å². The van der Waals surface area contributed by atoms with Gasteiger partial charge in [0.25, 0.3) is 15.9 Å². The minimum absolute atomic E-state index is 0.0403. The van der Waals surface area contributed by atoms with Gasteiger partial charge in [0, 0.05) is 16.9 Å². The minimum atomic E-state index is -3.82. The number of rotatable bonds is 6. The van der Waals surface area contributed by atoms with Crippen molar-refractivity contribution >= 4 is 27.3 Å². The molecule has 0 unspecified atom stereocenters. The predicted octanol–water partition coefficient (Wildman–Crippen LogP) is 4.92. The van der Waals surface area contributed by atoms with E-state index in [9.17, 15) is 13.2 Å². The van der Waals surface area contributed by atoms with E-state index in [0.29, 0.717) is 16.8 Å². The number of aryl methyl sites for hydroxylation is 3. The molecule has 5 nitrogen and oxygen atoms in total. The Morgan fingerprint density at radius 3 is 2.41 bits per heavy atom. The second kappa shape index (κ2) is 8.49. The highest BCUT2D eigenvalue weighted by Gasteiger charge is 2.19. The topological polar surface area (TPSA) is 75.3 Å². The first kappa shape index (κ1) is 20.6. The van der Waals surface area contributed by atoms with Crippen molar-refractivity contribution in [3.63, 3.8) is 0 Å². The molecule has 1 amide bonds. The zero-order chi connectivity index (χ0) is 21.0. The lowest BCUT2D eigenvalue weighted by molar-refractivity contribution is 0.102. The first-order chi connectivity index (χ1) is 13.8. The minimum Gasteiger partial charge on any atom is -0.322 e. The highest BCUT2D eigenvalue weighted by Crippen LogP contribution is 2.22. The highest BCUT2D eigenvalue weighted by atomic mass is 32.2. The molecule has 3 rings (SSSR count). The molecule has 3 aromatic carbocycles. The van der Waals surface area contributed by atoms with Gasteiger partial charge in [-0.2, -0.15) is 0 Å². The Kier molecular flexibility index (Phi) is 6.03. The van der Waals surface area contributed by atoms with Gasteiger partial charge >= 0.3 is 0 Å². The third kappa shape index (κ3) is 4.84. The number of anilines is 2. The fourth-order valence-electron chi connectivity index (χ4n) is 3.08. The maximum atomic E-state index is 12.9. The average molecular weight is 409 g/mol. The largest absolute Gasteiger partial charge is 0.322 e. The smallest absolute Gasteiger partial charge is 0.261 e. The molecule has 0 spiro atoms. The molecule has 0 saturated carbocycles. The SMILES string of the molecule is CCc1ccccc1NC(=O)c1cc(S(=O)(=O)Nc2cccc(C)c2)ccc1C. The summed E-state index contributed by atoms with van der Waals surface area (Å²) in [7, 11) is -3.82. The predicted molar refractivity (Wildman–Crippen MR) is 117 cm³/mol. The van der Waals surface area contributed by atoms with Crippen LogP contribution in [0.15, 0.2) is 71.6 Å². The Labute approximate surface area is 171 Å². The van der Waals surface area contributed by atoms with Gasteiger partial charge in [0.1, 0.15) is 0 Å². The summed E-state index contributed by atoms with van der Waals surface area (Å²) >= 11 is 0. The zero-order valence-corrected chi connectivity index (χ0v) is 17.5. The van der Waals surface area contributed by atoms with Crippen LogP contribution in [0.25, 0.3) is 0 Å². The highest BCUT2D eigenvalue weighted by molar-refractivity contribution is 7.92. The van der Waals surface area contributed by atoms with Crippen molar-refractivity contribution in [3.8, 4) is 0 Å². The van der Waals surface area contributed by atoms with Crippen molar-refractivity contribution in [2.45, 2.75) is 32.1 Å². The molecular formula is C23H24N2O3S. The molecule has 6 heteroatoms. The molecule has 29 heavy (non-hydrogen) atoms. The molecule has 0 bridgehead atoms. The summed E-state index contributed by atoms with van der Waals surface area (Å²) in [5.41, 5.74) is 4.19. The summed E-state index contributed by atoms with van der Waals surface area (Å²) in [4.78, 5) is 12.9. The molecule has 0 atom stereocenters. The van der Waals surface area contributed by atoms with E-state index in [1.54, 1.807) is 31.2 Å². The molecule has 0 aliphatic heterocycles. The molecule has 0 fully saturated rings. The third-order valence-corrected chi connectivity index (χ3v) is 6.06. The number of para-hydroxylation sites is 1. The summed E-state index contributed by atoms with van der Waals surface area (Å²) in [6.45, 7) is 5.69. The van der Waals surface area contributed by atoms with Gasteiger partial charge in [-0.15, -0.1) is 0 Å². The van der Waals surface area contributed by atoms with Crippen LogP contribution in [0.2, 0.25) is 0 Å². The van der Waals surface area contributed by atoms with E-state index in [1.165, 1.54) is 12.1 Å². The molecule has 2 N–H and O–H groups in total. The summed E-state index contributed by atoms with van der Waals surface area (Å²) in [6.07, 6.45) is 0.782. The Morgan fingerprint density at radius 2 is 1.69 bits per heavy atom. The van der Waals surface area contributed by atoms with Crippen LogP contribution in [0.5, 0.6) is 0 Å². The molecule has 0 aliphatic carbocycles. The van der Waals surface area contributed by atoms with Crippen LogP contribution in [0, 0.1) is 13.8 Å². The summed E-state index contributed by atoms with van der Waals surface area (Å²) in [5, 5.41) is 2.90. The Hall–Kier alpha value is -3.12. The fourth-order valence-corrected chi connectivity index (χ4v) is 4.15. The van der Waals surface area contributed by atoms with Crippen molar-refractivity contribution in [1.82, 2.24) is 0 Å². The van der Waals surface area contributed by atoms with Crippen molar-refractivity contribution < 1.29 is 13.2 Å². The average Bonchev–Trinajstić information content (AvgIpc) is 2.68. The lowest BCUT2D eigenvalue weighted by Gasteiger charge is -2.13. The molecule has 150 valence electrons.